The standard InChI is InChI=1S/C13H18N2O4/c16-10-5-4-8(11(17)12(10)18)7-15-9-3-1-2-6-14-13(9)19/h4-5,9,15-18H,1-3,6-7H2,(H,14,19). The van der Waals surface area contributed by atoms with Gasteiger partial charge in [-0.25, -0.2) is 0 Å². The lowest BCUT2D eigenvalue weighted by molar-refractivity contribution is -0.122. The van der Waals surface area contributed by atoms with E-state index in [4.69, 9.17) is 0 Å². The molecule has 1 aliphatic rings. The molecular weight excluding hydrogens is 248 g/mol. The van der Waals surface area contributed by atoms with E-state index in [9.17, 15) is 20.1 Å². The van der Waals surface area contributed by atoms with Crippen molar-refractivity contribution in [3.05, 3.63) is 17.7 Å². The van der Waals surface area contributed by atoms with Crippen molar-refractivity contribution in [1.29, 1.82) is 0 Å². The minimum Gasteiger partial charge on any atom is -0.504 e. The Bertz CT molecular complexity index is 476. The fraction of sp³-hybridized carbons (Fsp3) is 0.462. The van der Waals surface area contributed by atoms with Crippen molar-refractivity contribution in [2.45, 2.75) is 31.8 Å². The Balaban J connectivity index is 2.02. The zero-order valence-corrected chi connectivity index (χ0v) is 10.5. The van der Waals surface area contributed by atoms with Crippen LogP contribution in [0.4, 0.5) is 0 Å². The molecule has 1 aliphatic heterocycles. The largest absolute Gasteiger partial charge is 0.504 e. The average molecular weight is 266 g/mol. The van der Waals surface area contributed by atoms with Crippen LogP contribution in [0.2, 0.25) is 0 Å². The van der Waals surface area contributed by atoms with Crippen LogP contribution in [-0.2, 0) is 11.3 Å². The first-order valence-corrected chi connectivity index (χ1v) is 6.33. The van der Waals surface area contributed by atoms with Gasteiger partial charge < -0.3 is 26.0 Å². The first kappa shape index (κ1) is 13.5. The molecule has 0 saturated carbocycles. The van der Waals surface area contributed by atoms with Gasteiger partial charge in [-0.1, -0.05) is 6.07 Å². The Hall–Kier alpha value is -1.95. The van der Waals surface area contributed by atoms with Crippen LogP contribution in [0.1, 0.15) is 24.8 Å². The minimum atomic E-state index is -0.537. The second-order valence-electron chi connectivity index (χ2n) is 4.66. The molecule has 0 radical (unpaired) electrons. The molecule has 6 heteroatoms. The predicted octanol–water partition coefficient (Wildman–Crippen LogP) is 0.562. The second kappa shape index (κ2) is 5.79. The Kier molecular flexibility index (Phi) is 4.11. The van der Waals surface area contributed by atoms with Gasteiger partial charge in [-0.2, -0.15) is 0 Å². The monoisotopic (exact) mass is 266 g/mol. The highest BCUT2D eigenvalue weighted by molar-refractivity contribution is 5.81. The number of carbonyl (C=O) groups is 1. The number of hydrogen-bond donors (Lipinski definition) is 5. The van der Waals surface area contributed by atoms with Crippen LogP contribution in [0.3, 0.4) is 0 Å². The highest BCUT2D eigenvalue weighted by Crippen LogP contribution is 2.36. The van der Waals surface area contributed by atoms with E-state index in [1.807, 2.05) is 0 Å². The summed E-state index contributed by atoms with van der Waals surface area (Å²) < 4.78 is 0. The van der Waals surface area contributed by atoms with Gasteiger partial charge in [0.15, 0.2) is 11.5 Å². The van der Waals surface area contributed by atoms with Crippen molar-refractivity contribution in [2.24, 2.45) is 0 Å². The topological polar surface area (TPSA) is 102 Å². The molecule has 1 amide bonds. The van der Waals surface area contributed by atoms with E-state index in [0.717, 1.165) is 19.3 Å². The highest BCUT2D eigenvalue weighted by Gasteiger charge is 2.20. The lowest BCUT2D eigenvalue weighted by atomic mass is 10.1. The third kappa shape index (κ3) is 3.08. The summed E-state index contributed by atoms with van der Waals surface area (Å²) in [6.07, 6.45) is 2.68. The molecule has 19 heavy (non-hydrogen) atoms. The molecule has 0 spiro atoms. The predicted molar refractivity (Wildman–Crippen MR) is 68.9 cm³/mol. The maximum absolute atomic E-state index is 11.7. The minimum absolute atomic E-state index is 0.0417. The smallest absolute Gasteiger partial charge is 0.237 e. The Morgan fingerprint density at radius 1 is 1.21 bits per heavy atom. The van der Waals surface area contributed by atoms with E-state index in [2.05, 4.69) is 10.6 Å². The lowest BCUT2D eigenvalue weighted by Gasteiger charge is -2.16. The molecule has 0 bridgehead atoms. The van der Waals surface area contributed by atoms with E-state index in [1.54, 1.807) is 0 Å². The molecule has 1 unspecified atom stereocenters. The SMILES string of the molecule is O=C1NCCCCC1NCc1ccc(O)c(O)c1O. The van der Waals surface area contributed by atoms with E-state index in [-0.39, 0.29) is 30.0 Å². The van der Waals surface area contributed by atoms with Crippen molar-refractivity contribution >= 4 is 5.91 Å². The summed E-state index contributed by atoms with van der Waals surface area (Å²) >= 11 is 0. The van der Waals surface area contributed by atoms with E-state index in [1.165, 1.54) is 12.1 Å². The summed E-state index contributed by atoms with van der Waals surface area (Å²) in [5.41, 5.74) is 0.437. The van der Waals surface area contributed by atoms with Gasteiger partial charge in [0.2, 0.25) is 11.7 Å². The number of benzene rings is 1. The number of amides is 1. The normalized spacial score (nSPS) is 19.8. The van der Waals surface area contributed by atoms with E-state index >= 15 is 0 Å². The summed E-state index contributed by atoms with van der Waals surface area (Å²) in [4.78, 5) is 11.7. The van der Waals surface area contributed by atoms with Crippen LogP contribution in [0, 0.1) is 0 Å². The Labute approximate surface area is 111 Å². The van der Waals surface area contributed by atoms with Crippen LogP contribution in [0.15, 0.2) is 12.1 Å². The molecule has 2 rings (SSSR count). The number of aromatic hydroxyl groups is 3. The Morgan fingerprint density at radius 2 is 2.00 bits per heavy atom. The molecule has 5 N–H and O–H groups in total. The molecule has 1 aromatic carbocycles. The van der Waals surface area contributed by atoms with Crippen LogP contribution >= 0.6 is 0 Å². The van der Waals surface area contributed by atoms with Gasteiger partial charge in [-0.05, 0) is 25.3 Å². The molecule has 104 valence electrons. The fourth-order valence-electron chi connectivity index (χ4n) is 2.12. The first-order chi connectivity index (χ1) is 9.09. The first-order valence-electron chi connectivity index (χ1n) is 6.33. The number of nitrogens with one attached hydrogen (secondary N) is 2. The van der Waals surface area contributed by atoms with Gasteiger partial charge >= 0.3 is 0 Å². The van der Waals surface area contributed by atoms with E-state index < -0.39 is 5.75 Å². The van der Waals surface area contributed by atoms with Crippen molar-refractivity contribution in [2.75, 3.05) is 6.54 Å². The van der Waals surface area contributed by atoms with Crippen molar-refractivity contribution < 1.29 is 20.1 Å². The molecule has 1 saturated heterocycles. The quantitative estimate of drug-likeness (QED) is 0.515. The lowest BCUT2D eigenvalue weighted by Crippen LogP contribution is -2.42. The summed E-state index contributed by atoms with van der Waals surface area (Å²) in [6.45, 7) is 0.944. The summed E-state index contributed by atoms with van der Waals surface area (Å²) in [5.74, 6) is -1.31. The zero-order chi connectivity index (χ0) is 13.8. The highest BCUT2D eigenvalue weighted by atomic mass is 16.3. The van der Waals surface area contributed by atoms with Crippen LogP contribution < -0.4 is 10.6 Å². The number of phenolic OH excluding ortho intramolecular Hbond substituents is 3. The van der Waals surface area contributed by atoms with Gasteiger partial charge in [-0.15, -0.1) is 0 Å². The second-order valence-corrected chi connectivity index (χ2v) is 4.66. The molecule has 0 aromatic heterocycles. The maximum atomic E-state index is 11.7. The van der Waals surface area contributed by atoms with Crippen molar-refractivity contribution in [1.82, 2.24) is 10.6 Å². The van der Waals surface area contributed by atoms with E-state index in [0.29, 0.717) is 12.1 Å². The fourth-order valence-corrected chi connectivity index (χ4v) is 2.12. The molecule has 1 aromatic rings. The third-order valence-corrected chi connectivity index (χ3v) is 3.29. The van der Waals surface area contributed by atoms with Gasteiger partial charge in [-0.3, -0.25) is 4.79 Å². The molecule has 1 atom stereocenters. The van der Waals surface area contributed by atoms with Crippen LogP contribution in [0.5, 0.6) is 17.2 Å². The summed E-state index contributed by atoms with van der Waals surface area (Å²) in [6, 6.07) is 2.52. The molecule has 1 heterocycles. The van der Waals surface area contributed by atoms with Gasteiger partial charge in [0, 0.05) is 18.7 Å². The van der Waals surface area contributed by atoms with Crippen molar-refractivity contribution in [3.8, 4) is 17.2 Å². The van der Waals surface area contributed by atoms with Crippen molar-refractivity contribution in [3.63, 3.8) is 0 Å². The Morgan fingerprint density at radius 3 is 2.79 bits per heavy atom. The van der Waals surface area contributed by atoms with Crippen LogP contribution in [0.25, 0.3) is 0 Å². The number of rotatable bonds is 3. The summed E-state index contributed by atoms with van der Waals surface area (Å²) in [5, 5.41) is 34.2. The molecule has 1 fully saturated rings. The van der Waals surface area contributed by atoms with Gasteiger partial charge in [0.1, 0.15) is 0 Å². The number of carbonyl (C=O) groups excluding carboxylic acids is 1. The van der Waals surface area contributed by atoms with Gasteiger partial charge in [0.25, 0.3) is 0 Å². The van der Waals surface area contributed by atoms with Crippen LogP contribution in [-0.4, -0.2) is 33.8 Å². The zero-order valence-electron chi connectivity index (χ0n) is 10.5. The summed E-state index contributed by atoms with van der Waals surface area (Å²) in [7, 11) is 0. The molecule has 6 nitrogen and oxygen atoms in total. The number of hydrogen-bond acceptors (Lipinski definition) is 5. The van der Waals surface area contributed by atoms with Gasteiger partial charge in [0.05, 0.1) is 6.04 Å². The third-order valence-electron chi connectivity index (χ3n) is 3.29. The molecule has 0 aliphatic carbocycles. The number of phenols is 3. The molecular formula is C13H18N2O4. The maximum Gasteiger partial charge on any atom is 0.237 e. The average Bonchev–Trinajstić information content (AvgIpc) is 2.60.